The van der Waals surface area contributed by atoms with E-state index in [1.807, 2.05) is 30.7 Å². The Balaban J connectivity index is 1.72. The third-order valence-electron chi connectivity index (χ3n) is 4.97. The Labute approximate surface area is 161 Å². The normalized spacial score (nSPS) is 13.5. The molecule has 4 heteroatoms. The lowest BCUT2D eigenvalue weighted by Gasteiger charge is -2.20. The molecule has 0 aliphatic rings. The molecule has 27 heavy (non-hydrogen) atoms. The summed E-state index contributed by atoms with van der Waals surface area (Å²) in [4.78, 5) is 12.1. The Hall–Kier alpha value is -2.59. The lowest BCUT2D eigenvalue weighted by molar-refractivity contribution is 0.0516. The molecule has 0 fully saturated rings. The van der Waals surface area contributed by atoms with Crippen LogP contribution in [0.25, 0.3) is 10.9 Å². The van der Waals surface area contributed by atoms with E-state index < -0.39 is 0 Å². The largest absolute Gasteiger partial charge is 0.461 e. The van der Waals surface area contributed by atoms with Crippen molar-refractivity contribution in [3.63, 3.8) is 0 Å². The summed E-state index contributed by atoms with van der Waals surface area (Å²) in [6, 6.07) is 19.4. The summed E-state index contributed by atoms with van der Waals surface area (Å²) in [5.74, 6) is -0.274. The fourth-order valence-electron chi connectivity index (χ4n) is 3.60. The quantitative estimate of drug-likeness (QED) is 0.621. The van der Waals surface area contributed by atoms with Crippen LogP contribution in [0.5, 0.6) is 0 Å². The minimum absolute atomic E-state index is 0.274. The molecule has 0 radical (unpaired) electrons. The minimum Gasteiger partial charge on any atom is -0.461 e. The van der Waals surface area contributed by atoms with Crippen molar-refractivity contribution < 1.29 is 9.53 Å². The molecule has 0 unspecified atom stereocenters. The van der Waals surface area contributed by atoms with Crippen molar-refractivity contribution in [3.8, 4) is 0 Å². The van der Waals surface area contributed by atoms with Crippen molar-refractivity contribution in [2.75, 3.05) is 6.61 Å². The average Bonchev–Trinajstić information content (AvgIpc) is 2.98. The number of hydrogen-bond acceptors (Lipinski definition) is 3. The van der Waals surface area contributed by atoms with Gasteiger partial charge in [-0.25, -0.2) is 4.79 Å². The Morgan fingerprint density at radius 3 is 2.56 bits per heavy atom. The zero-order chi connectivity index (χ0) is 19.4. The first-order chi connectivity index (χ1) is 13.0. The third kappa shape index (κ3) is 4.40. The molecule has 2 aromatic carbocycles. The van der Waals surface area contributed by atoms with E-state index in [1.54, 1.807) is 0 Å². The number of carbonyl (C=O) groups excluding carboxylic acids is 1. The van der Waals surface area contributed by atoms with E-state index in [0.717, 1.165) is 17.3 Å². The molecule has 0 saturated heterocycles. The molecule has 0 aliphatic heterocycles. The van der Waals surface area contributed by atoms with E-state index >= 15 is 0 Å². The first-order valence-corrected chi connectivity index (χ1v) is 9.56. The summed E-state index contributed by atoms with van der Waals surface area (Å²) < 4.78 is 7.05. The first-order valence-electron chi connectivity index (χ1n) is 9.56. The molecule has 142 valence electrons. The lowest BCUT2D eigenvalue weighted by Crippen LogP contribution is -2.30. The zero-order valence-electron chi connectivity index (χ0n) is 16.5. The number of hydrogen-bond donors (Lipinski definition) is 1. The van der Waals surface area contributed by atoms with Gasteiger partial charge in [0.05, 0.1) is 6.61 Å². The second kappa shape index (κ2) is 8.40. The van der Waals surface area contributed by atoms with Crippen molar-refractivity contribution >= 4 is 16.9 Å². The Bertz CT molecular complexity index is 915. The molecule has 0 spiro atoms. The Morgan fingerprint density at radius 2 is 1.85 bits per heavy atom. The van der Waals surface area contributed by atoms with Crippen LogP contribution in [-0.2, 0) is 18.2 Å². The predicted octanol–water partition coefficient (Wildman–Crippen LogP) is 4.64. The number of rotatable bonds is 7. The number of aromatic nitrogens is 1. The maximum absolute atomic E-state index is 12.1. The maximum atomic E-state index is 12.1. The SMILES string of the molecule is CCOC(=O)c1cc2cc(C[C@@H](C)N[C@H](C)c3ccccc3)ccc2n1C. The van der Waals surface area contributed by atoms with Crippen LogP contribution in [0.4, 0.5) is 0 Å². The summed E-state index contributed by atoms with van der Waals surface area (Å²) >= 11 is 0. The average molecular weight is 364 g/mol. The maximum Gasteiger partial charge on any atom is 0.354 e. The highest BCUT2D eigenvalue weighted by Gasteiger charge is 2.15. The van der Waals surface area contributed by atoms with Crippen molar-refractivity contribution in [1.29, 1.82) is 0 Å². The predicted molar refractivity (Wildman–Crippen MR) is 110 cm³/mol. The number of benzene rings is 2. The summed E-state index contributed by atoms with van der Waals surface area (Å²) in [7, 11) is 1.90. The van der Waals surface area contributed by atoms with Crippen molar-refractivity contribution in [2.24, 2.45) is 7.05 Å². The van der Waals surface area contributed by atoms with Crippen LogP contribution in [0.15, 0.2) is 54.6 Å². The second-order valence-corrected chi connectivity index (χ2v) is 7.11. The van der Waals surface area contributed by atoms with Crippen LogP contribution in [0, 0.1) is 0 Å². The molecule has 3 aromatic rings. The van der Waals surface area contributed by atoms with E-state index in [9.17, 15) is 4.79 Å². The number of esters is 1. The molecular weight excluding hydrogens is 336 g/mol. The van der Waals surface area contributed by atoms with Gasteiger partial charge in [-0.1, -0.05) is 36.4 Å². The van der Waals surface area contributed by atoms with Gasteiger partial charge < -0.3 is 14.6 Å². The number of ether oxygens (including phenoxy) is 1. The number of nitrogens with zero attached hydrogens (tertiary/aromatic N) is 1. The molecule has 0 amide bonds. The van der Waals surface area contributed by atoms with Crippen LogP contribution < -0.4 is 5.32 Å². The molecule has 1 N–H and O–H groups in total. The molecule has 3 rings (SSSR count). The zero-order valence-corrected chi connectivity index (χ0v) is 16.5. The highest BCUT2D eigenvalue weighted by molar-refractivity contribution is 5.95. The molecular formula is C23H28N2O2. The lowest BCUT2D eigenvalue weighted by atomic mass is 10.0. The smallest absolute Gasteiger partial charge is 0.354 e. The van der Waals surface area contributed by atoms with Gasteiger partial charge in [0.15, 0.2) is 0 Å². The van der Waals surface area contributed by atoms with Gasteiger partial charge in [-0.2, -0.15) is 0 Å². The van der Waals surface area contributed by atoms with Gasteiger partial charge in [-0.3, -0.25) is 0 Å². The van der Waals surface area contributed by atoms with Gasteiger partial charge in [0.1, 0.15) is 5.69 Å². The fourth-order valence-corrected chi connectivity index (χ4v) is 3.60. The van der Waals surface area contributed by atoms with E-state index in [4.69, 9.17) is 4.74 Å². The molecule has 0 bridgehead atoms. The van der Waals surface area contributed by atoms with Gasteiger partial charge in [-0.05, 0) is 56.5 Å². The van der Waals surface area contributed by atoms with Crippen LogP contribution in [0.2, 0.25) is 0 Å². The number of carbonyl (C=O) groups is 1. The van der Waals surface area contributed by atoms with Gasteiger partial charge in [0.25, 0.3) is 0 Å². The third-order valence-corrected chi connectivity index (χ3v) is 4.97. The molecule has 0 aliphatic carbocycles. The molecule has 1 aromatic heterocycles. The summed E-state index contributed by atoms with van der Waals surface area (Å²) in [5, 5.41) is 4.74. The number of nitrogens with one attached hydrogen (secondary N) is 1. The van der Waals surface area contributed by atoms with Crippen LogP contribution in [0.1, 0.15) is 48.4 Å². The topological polar surface area (TPSA) is 43.3 Å². The highest BCUT2D eigenvalue weighted by Crippen LogP contribution is 2.22. The van der Waals surface area contributed by atoms with Crippen molar-refractivity contribution in [1.82, 2.24) is 9.88 Å². The molecule has 4 nitrogen and oxygen atoms in total. The summed E-state index contributed by atoms with van der Waals surface area (Å²) in [6.07, 6.45) is 0.927. The second-order valence-electron chi connectivity index (χ2n) is 7.11. The van der Waals surface area contributed by atoms with Gasteiger partial charge >= 0.3 is 5.97 Å². The van der Waals surface area contributed by atoms with Crippen LogP contribution >= 0.6 is 0 Å². The van der Waals surface area contributed by atoms with Gasteiger partial charge in [-0.15, -0.1) is 0 Å². The van der Waals surface area contributed by atoms with E-state index in [-0.39, 0.29) is 5.97 Å². The highest BCUT2D eigenvalue weighted by atomic mass is 16.5. The summed E-state index contributed by atoms with van der Waals surface area (Å²) in [6.45, 7) is 6.61. The standard InChI is InChI=1S/C23H28N2O2/c1-5-27-23(26)22-15-20-14-18(11-12-21(20)25(22)4)13-16(2)24-17(3)19-9-7-6-8-10-19/h6-12,14-17,24H,5,13H2,1-4H3/t16-,17-/m1/s1. The van der Waals surface area contributed by atoms with Crippen molar-refractivity contribution in [3.05, 3.63) is 71.4 Å². The Kier molecular flexibility index (Phi) is 5.97. The molecule has 0 saturated carbocycles. The van der Waals surface area contributed by atoms with Gasteiger partial charge in [0.2, 0.25) is 0 Å². The number of fused-ring (bicyclic) bond motifs is 1. The monoisotopic (exact) mass is 364 g/mol. The Morgan fingerprint density at radius 1 is 1.11 bits per heavy atom. The first kappa shape index (κ1) is 19.2. The van der Waals surface area contributed by atoms with E-state index in [0.29, 0.717) is 24.4 Å². The van der Waals surface area contributed by atoms with E-state index in [1.165, 1.54) is 11.1 Å². The van der Waals surface area contributed by atoms with Crippen LogP contribution in [-0.4, -0.2) is 23.2 Å². The van der Waals surface area contributed by atoms with Gasteiger partial charge in [0, 0.05) is 30.0 Å². The molecule has 2 atom stereocenters. The fraction of sp³-hybridized carbons (Fsp3) is 0.348. The number of aryl methyl sites for hydroxylation is 1. The molecule has 1 heterocycles. The minimum atomic E-state index is -0.274. The van der Waals surface area contributed by atoms with Crippen molar-refractivity contribution in [2.45, 2.75) is 39.3 Å². The summed E-state index contributed by atoms with van der Waals surface area (Å²) in [5.41, 5.74) is 4.18. The van der Waals surface area contributed by atoms with E-state index in [2.05, 4.69) is 61.6 Å². The van der Waals surface area contributed by atoms with Crippen LogP contribution in [0.3, 0.4) is 0 Å².